The van der Waals surface area contributed by atoms with Crippen LogP contribution in [-0.2, 0) is 4.74 Å². The number of halogens is 1. The summed E-state index contributed by atoms with van der Waals surface area (Å²) in [5.74, 6) is 0.590. The molecule has 0 unspecified atom stereocenters. The first kappa shape index (κ1) is 75.7. The van der Waals surface area contributed by atoms with E-state index in [1.807, 2.05) is 84.9 Å². The fraction of sp³-hybridized carbons (Fsp3) is 0.0476. The molecule has 1 saturated heterocycles. The lowest BCUT2D eigenvalue weighted by atomic mass is 9.98. The summed E-state index contributed by atoms with van der Waals surface area (Å²) >= 11 is 6.13. The van der Waals surface area contributed by atoms with Crippen molar-refractivity contribution in [3.8, 4) is 72.8 Å². The Morgan fingerprint density at radius 2 is 0.553 bits per heavy atom. The third-order valence-electron chi connectivity index (χ3n) is 20.5. The lowest BCUT2D eigenvalue weighted by Gasteiger charge is -2.25. The van der Waals surface area contributed by atoms with Gasteiger partial charge in [0.2, 0.25) is 0 Å². The minimum Gasteiger partial charge on any atom is -0.537 e. The minimum absolute atomic E-state index is 0. The second-order valence-corrected chi connectivity index (χ2v) is 28.0. The maximum absolute atomic E-state index is 8.70. The van der Waals surface area contributed by atoms with E-state index in [0.717, 1.165) is 80.4 Å². The third-order valence-corrected chi connectivity index (χ3v) is 20.8. The van der Waals surface area contributed by atoms with Gasteiger partial charge in [0, 0.05) is 85.3 Å². The van der Waals surface area contributed by atoms with E-state index in [1.54, 1.807) is 0 Å². The zero-order valence-corrected chi connectivity index (χ0v) is 63.3. The van der Waals surface area contributed by atoms with Crippen molar-refractivity contribution in [1.82, 2.24) is 9.13 Å². The van der Waals surface area contributed by atoms with Gasteiger partial charge in [-0.2, -0.15) is 0 Å². The molecule has 19 rings (SSSR count). The van der Waals surface area contributed by atoms with Crippen LogP contribution in [-0.4, -0.2) is 35.1 Å². The van der Waals surface area contributed by atoms with Crippen LogP contribution in [0.5, 0.6) is 5.75 Å². The number of benzene rings is 16. The molecule has 2 aromatic heterocycles. The quantitative estimate of drug-likeness (QED) is 0.0921. The number of aromatic nitrogens is 2. The van der Waals surface area contributed by atoms with Crippen LogP contribution >= 0.6 is 11.6 Å². The molecule has 0 atom stereocenters. The molecule has 1 fully saturated rings. The Labute approximate surface area is 674 Å². The van der Waals surface area contributed by atoms with Crippen LogP contribution in [0.2, 0.25) is 5.02 Å². The third kappa shape index (κ3) is 16.9. The van der Waals surface area contributed by atoms with Gasteiger partial charge in [-0.15, -0.1) is 0 Å². The molecular weight excluding hydrogens is 1410 g/mol. The summed E-state index contributed by atoms with van der Waals surface area (Å²) in [5.41, 5.74) is 27.8. The highest BCUT2D eigenvalue weighted by atomic mass is 35.5. The van der Waals surface area contributed by atoms with Crippen LogP contribution in [0, 0.1) is 0 Å². The standard InChI is InChI=1S/C50H36N2.C32H22ClN.C18H15BNO2.C4H8O.CH4/c1-2-36-18-20-39(21-19-36)41-28-32-49-47(34-41)48-35-42(29-33-50(48)52(49)45-16-10-5-11-17-45)40-24-22-37(23-25-40)38-26-30-46(31-27-38)51(43-12-6-3-7-13-43)44-14-8-4-9-15-44;1-2-22-8-10-23(11-9-22)25-14-18-31-29(20-25)30-21-26(24-12-16-27(33)17-13-24)15-19-32(30)34(31)28-6-4-3-5-7-28;21-19-22-18-13-11-17(12-14-18)20(15-7-3-1-4-8-15)16-9-5-2-6-10-16;1-2-4-5-3-1;/h2-35H,1H2;2-21H,1H2;1-14,21H;1-4H2;1H4. The highest BCUT2D eigenvalue weighted by Crippen LogP contribution is 2.42. The normalized spacial score (nSPS) is 11.4. The molecule has 0 aliphatic carbocycles. The van der Waals surface area contributed by atoms with E-state index >= 15 is 0 Å². The van der Waals surface area contributed by atoms with E-state index in [1.165, 1.54) is 107 Å². The molecule has 114 heavy (non-hydrogen) atoms. The Morgan fingerprint density at radius 3 is 0.833 bits per heavy atom. The van der Waals surface area contributed by atoms with Gasteiger partial charge >= 0.3 is 7.69 Å². The molecule has 18 aromatic rings. The van der Waals surface area contributed by atoms with Crippen LogP contribution in [0.4, 0.5) is 34.1 Å². The molecule has 0 amide bonds. The second-order valence-electron chi connectivity index (χ2n) is 27.6. The van der Waals surface area contributed by atoms with Gasteiger partial charge in [-0.1, -0.05) is 275 Å². The molecule has 0 bridgehead atoms. The van der Waals surface area contributed by atoms with E-state index in [9.17, 15) is 0 Å². The minimum atomic E-state index is 0. The molecule has 1 radical (unpaired) electrons. The predicted molar refractivity (Wildman–Crippen MR) is 485 cm³/mol. The number of anilines is 6. The van der Waals surface area contributed by atoms with Crippen LogP contribution in [0.15, 0.2) is 414 Å². The van der Waals surface area contributed by atoms with E-state index in [2.05, 4.69) is 360 Å². The van der Waals surface area contributed by atoms with Gasteiger partial charge in [-0.05, 0) is 249 Å². The monoisotopic (exact) mass is 1500 g/mol. The smallest absolute Gasteiger partial charge is 0.537 e. The second kappa shape index (κ2) is 36.0. The highest BCUT2D eigenvalue weighted by Gasteiger charge is 2.19. The molecule has 553 valence electrons. The summed E-state index contributed by atoms with van der Waals surface area (Å²) in [6, 6.07) is 140. The van der Waals surface area contributed by atoms with E-state index in [4.69, 9.17) is 26.0 Å². The van der Waals surface area contributed by atoms with Gasteiger partial charge in [0.25, 0.3) is 0 Å². The molecule has 9 heteroatoms. The number of rotatable bonds is 17. The summed E-state index contributed by atoms with van der Waals surface area (Å²) in [4.78, 5) is 4.45. The lowest BCUT2D eigenvalue weighted by molar-refractivity contribution is 0.198. The van der Waals surface area contributed by atoms with Crippen molar-refractivity contribution in [2.24, 2.45) is 0 Å². The van der Waals surface area contributed by atoms with Crippen molar-refractivity contribution < 1.29 is 14.4 Å². The van der Waals surface area contributed by atoms with Crippen molar-refractivity contribution in [2.75, 3.05) is 23.0 Å². The Balaban J connectivity index is 0.000000141. The van der Waals surface area contributed by atoms with E-state index < -0.39 is 0 Å². The van der Waals surface area contributed by atoms with Crippen molar-refractivity contribution in [3.63, 3.8) is 0 Å². The maximum atomic E-state index is 8.70. The zero-order chi connectivity index (χ0) is 76.7. The van der Waals surface area contributed by atoms with E-state index in [-0.39, 0.29) is 7.43 Å². The lowest BCUT2D eigenvalue weighted by Crippen LogP contribution is -2.09. The van der Waals surface area contributed by atoms with Crippen LogP contribution in [0.25, 0.3) is 123 Å². The number of para-hydroxylation sites is 6. The SMILES string of the molecule is C.C1CCOC1.C=Cc1ccc(-c2ccc3c(c2)c2cc(-c4ccc(-c5ccc(N(c6ccccc6)c6ccccc6)cc5)cc4)ccc2n3-c2ccccc2)cc1.C=Cc1ccc(-c2ccc3c(c2)c2cc(-c4ccc(Cl)cc4)ccc2n3-c2ccccc2)cc1.O[B]Oc1ccc(N(c2ccccc2)c2ccccc2)cc1. The fourth-order valence-electron chi connectivity index (χ4n) is 14.8. The van der Waals surface area contributed by atoms with Gasteiger partial charge in [0.15, 0.2) is 0 Å². The Hall–Kier alpha value is -13.7. The molecule has 0 saturated carbocycles. The first-order valence-corrected chi connectivity index (χ1v) is 38.5. The zero-order valence-electron chi connectivity index (χ0n) is 62.5. The van der Waals surface area contributed by atoms with Crippen LogP contribution < -0.4 is 14.5 Å². The first-order chi connectivity index (χ1) is 55.8. The van der Waals surface area contributed by atoms with Crippen LogP contribution in [0.1, 0.15) is 31.4 Å². The fourth-order valence-corrected chi connectivity index (χ4v) is 15.0. The van der Waals surface area contributed by atoms with Gasteiger partial charge in [0.05, 0.1) is 22.1 Å². The van der Waals surface area contributed by atoms with Crippen molar-refractivity contribution in [1.29, 1.82) is 0 Å². The Kier molecular flexibility index (Phi) is 23.9. The number of nitrogens with zero attached hydrogens (tertiary/aromatic N) is 4. The van der Waals surface area contributed by atoms with Gasteiger partial charge in [0.1, 0.15) is 5.75 Å². The first-order valence-electron chi connectivity index (χ1n) is 38.1. The highest BCUT2D eigenvalue weighted by molar-refractivity contribution is 6.30. The number of fused-ring (bicyclic) bond motifs is 6. The molecule has 16 aromatic carbocycles. The van der Waals surface area contributed by atoms with Gasteiger partial charge in [-0.25, -0.2) is 0 Å². The molecule has 1 aliphatic heterocycles. The Bertz CT molecular complexity index is 6120. The average Bonchev–Trinajstić information content (AvgIpc) is 1.59. The topological polar surface area (TPSA) is 55.0 Å². The molecule has 3 heterocycles. The summed E-state index contributed by atoms with van der Waals surface area (Å²) in [6.45, 7) is 9.78. The van der Waals surface area contributed by atoms with Crippen molar-refractivity contribution in [2.45, 2.75) is 20.3 Å². The summed E-state index contributed by atoms with van der Waals surface area (Å²) in [7, 11) is 0.682. The predicted octanol–water partition coefficient (Wildman–Crippen LogP) is 28.8. The summed E-state index contributed by atoms with van der Waals surface area (Å²) in [5, 5.41) is 14.4. The van der Waals surface area contributed by atoms with E-state index in [0.29, 0.717) is 13.4 Å². The summed E-state index contributed by atoms with van der Waals surface area (Å²) in [6.07, 6.45) is 6.32. The number of hydrogen-bond acceptors (Lipinski definition) is 5. The Morgan fingerprint density at radius 1 is 0.307 bits per heavy atom. The average molecular weight is 1500 g/mol. The van der Waals surface area contributed by atoms with Gasteiger partial charge in [-0.3, -0.25) is 0 Å². The number of ether oxygens (including phenoxy) is 1. The molecular formula is C105H85BClN4O3. The van der Waals surface area contributed by atoms with Crippen molar-refractivity contribution >= 4 is 109 Å². The molecule has 7 nitrogen and oxygen atoms in total. The number of hydrogen-bond donors (Lipinski definition) is 1. The largest absolute Gasteiger partial charge is 0.569 e. The van der Waals surface area contributed by atoms with Crippen LogP contribution in [0.3, 0.4) is 0 Å². The molecule has 1 N–H and O–H groups in total. The van der Waals surface area contributed by atoms with Gasteiger partial charge < -0.3 is 33.3 Å². The maximum Gasteiger partial charge on any atom is 0.569 e. The van der Waals surface area contributed by atoms with Crippen molar-refractivity contribution in [3.05, 3.63) is 430 Å². The summed E-state index contributed by atoms with van der Waals surface area (Å²) < 4.78 is 14.6. The molecule has 1 aliphatic rings. The molecule has 0 spiro atoms.